The van der Waals surface area contributed by atoms with Gasteiger partial charge < -0.3 is 11.1 Å². The highest BCUT2D eigenvalue weighted by molar-refractivity contribution is 6.31. The predicted octanol–water partition coefficient (Wildman–Crippen LogP) is 1.67. The zero-order valence-corrected chi connectivity index (χ0v) is 8.06. The van der Waals surface area contributed by atoms with Crippen LogP contribution in [0.25, 0.3) is 0 Å². The largest absolute Gasteiger partial charge is 0.398 e. The van der Waals surface area contributed by atoms with E-state index in [1.54, 1.807) is 18.2 Å². The van der Waals surface area contributed by atoms with Crippen molar-refractivity contribution < 1.29 is 4.79 Å². The molecule has 0 saturated heterocycles. The zero-order chi connectivity index (χ0) is 9.84. The van der Waals surface area contributed by atoms with E-state index in [1.165, 1.54) is 0 Å². The lowest BCUT2D eigenvalue weighted by Gasteiger charge is -2.05. The van der Waals surface area contributed by atoms with Gasteiger partial charge >= 0.3 is 0 Å². The van der Waals surface area contributed by atoms with Crippen LogP contribution in [-0.4, -0.2) is 12.5 Å². The molecule has 0 saturated carbocycles. The predicted molar refractivity (Wildman–Crippen MR) is 53.9 cm³/mol. The quantitative estimate of drug-likeness (QED) is 0.711. The van der Waals surface area contributed by atoms with Crippen molar-refractivity contribution in [2.24, 2.45) is 0 Å². The molecule has 0 aromatic heterocycles. The third-order valence-corrected chi connectivity index (χ3v) is 1.83. The van der Waals surface area contributed by atoms with Gasteiger partial charge in [0.15, 0.2) is 0 Å². The summed E-state index contributed by atoms with van der Waals surface area (Å²) in [5.41, 5.74) is 6.47. The number of carbonyl (C=O) groups excluding carboxylic acids is 1. The molecule has 0 aliphatic rings. The van der Waals surface area contributed by atoms with Crippen molar-refractivity contribution in [2.75, 3.05) is 12.3 Å². The summed E-state index contributed by atoms with van der Waals surface area (Å²) in [6.07, 6.45) is 0. The van der Waals surface area contributed by atoms with Crippen molar-refractivity contribution in [2.45, 2.75) is 6.92 Å². The summed E-state index contributed by atoms with van der Waals surface area (Å²) >= 11 is 5.69. The number of benzene rings is 1. The van der Waals surface area contributed by atoms with Gasteiger partial charge in [0, 0.05) is 17.3 Å². The summed E-state index contributed by atoms with van der Waals surface area (Å²) in [5, 5.41) is 3.19. The van der Waals surface area contributed by atoms with Crippen molar-refractivity contribution in [3.63, 3.8) is 0 Å². The molecular formula is C9H11ClN2O. The number of carbonyl (C=O) groups is 1. The SMILES string of the molecule is CCNC(=O)c1ccc(Cl)cc1N. The number of nitrogen functional groups attached to an aromatic ring is 1. The van der Waals surface area contributed by atoms with Gasteiger partial charge in [0.1, 0.15) is 0 Å². The van der Waals surface area contributed by atoms with Gasteiger partial charge in [-0.05, 0) is 25.1 Å². The molecule has 1 rings (SSSR count). The molecule has 3 nitrogen and oxygen atoms in total. The average molecular weight is 199 g/mol. The second-order valence-electron chi connectivity index (χ2n) is 2.59. The van der Waals surface area contributed by atoms with Crippen molar-refractivity contribution in [3.05, 3.63) is 28.8 Å². The topological polar surface area (TPSA) is 55.1 Å². The van der Waals surface area contributed by atoms with Crippen molar-refractivity contribution in [1.82, 2.24) is 5.32 Å². The van der Waals surface area contributed by atoms with Crippen molar-refractivity contribution in [3.8, 4) is 0 Å². The minimum absolute atomic E-state index is 0.170. The van der Waals surface area contributed by atoms with Crippen LogP contribution in [0.5, 0.6) is 0 Å². The van der Waals surface area contributed by atoms with Crippen LogP contribution >= 0.6 is 11.6 Å². The second-order valence-corrected chi connectivity index (χ2v) is 3.03. The van der Waals surface area contributed by atoms with E-state index in [4.69, 9.17) is 17.3 Å². The van der Waals surface area contributed by atoms with E-state index in [1.807, 2.05) is 6.92 Å². The maximum Gasteiger partial charge on any atom is 0.253 e. The highest BCUT2D eigenvalue weighted by atomic mass is 35.5. The maximum atomic E-state index is 11.3. The minimum Gasteiger partial charge on any atom is -0.398 e. The Morgan fingerprint density at radius 2 is 2.31 bits per heavy atom. The van der Waals surface area contributed by atoms with E-state index in [0.29, 0.717) is 22.8 Å². The van der Waals surface area contributed by atoms with Gasteiger partial charge in [-0.2, -0.15) is 0 Å². The fourth-order valence-corrected chi connectivity index (χ4v) is 1.18. The number of rotatable bonds is 2. The molecule has 0 bridgehead atoms. The van der Waals surface area contributed by atoms with Crippen LogP contribution in [0.1, 0.15) is 17.3 Å². The molecule has 70 valence electrons. The molecule has 0 unspecified atom stereocenters. The molecule has 0 spiro atoms. The highest BCUT2D eigenvalue weighted by Crippen LogP contribution is 2.17. The first kappa shape index (κ1) is 9.86. The van der Waals surface area contributed by atoms with E-state index in [0.717, 1.165) is 0 Å². The van der Waals surface area contributed by atoms with Crippen molar-refractivity contribution >= 4 is 23.2 Å². The van der Waals surface area contributed by atoms with Gasteiger partial charge in [0.2, 0.25) is 0 Å². The Kier molecular flexibility index (Phi) is 3.14. The molecule has 0 heterocycles. The Bertz CT molecular complexity index is 325. The third-order valence-electron chi connectivity index (χ3n) is 1.60. The molecule has 0 aliphatic heterocycles. The Morgan fingerprint density at radius 3 is 2.85 bits per heavy atom. The van der Waals surface area contributed by atoms with Gasteiger partial charge in [0.25, 0.3) is 5.91 Å². The Balaban J connectivity index is 2.95. The number of hydrogen-bond donors (Lipinski definition) is 2. The number of anilines is 1. The Morgan fingerprint density at radius 1 is 1.62 bits per heavy atom. The molecule has 4 heteroatoms. The fraction of sp³-hybridized carbons (Fsp3) is 0.222. The second kappa shape index (κ2) is 4.14. The van der Waals surface area contributed by atoms with Gasteiger partial charge in [-0.15, -0.1) is 0 Å². The van der Waals surface area contributed by atoms with Crippen LogP contribution in [0.2, 0.25) is 5.02 Å². The Labute approximate surface area is 81.9 Å². The summed E-state index contributed by atoms with van der Waals surface area (Å²) in [7, 11) is 0. The van der Waals surface area contributed by atoms with Crippen LogP contribution < -0.4 is 11.1 Å². The molecule has 1 amide bonds. The smallest absolute Gasteiger partial charge is 0.253 e. The standard InChI is InChI=1S/C9H11ClN2O/c1-2-12-9(13)7-4-3-6(10)5-8(7)11/h3-5H,2,11H2,1H3,(H,12,13). The lowest BCUT2D eigenvalue weighted by atomic mass is 10.1. The first-order valence-corrected chi connectivity index (χ1v) is 4.36. The molecule has 0 aliphatic carbocycles. The number of nitrogens with two attached hydrogens (primary N) is 1. The summed E-state index contributed by atoms with van der Waals surface area (Å²) in [4.78, 5) is 11.3. The molecule has 3 N–H and O–H groups in total. The molecule has 13 heavy (non-hydrogen) atoms. The molecule has 0 atom stereocenters. The normalized spacial score (nSPS) is 9.69. The molecule has 1 aromatic rings. The zero-order valence-electron chi connectivity index (χ0n) is 7.30. The Hall–Kier alpha value is -1.22. The van der Waals surface area contributed by atoms with E-state index < -0.39 is 0 Å². The lowest BCUT2D eigenvalue weighted by molar-refractivity contribution is 0.0957. The highest BCUT2D eigenvalue weighted by Gasteiger charge is 2.07. The third kappa shape index (κ3) is 2.36. The summed E-state index contributed by atoms with van der Waals surface area (Å²) < 4.78 is 0. The molecule has 1 aromatic carbocycles. The molecule has 0 fully saturated rings. The van der Waals surface area contributed by atoms with E-state index in [9.17, 15) is 4.79 Å². The van der Waals surface area contributed by atoms with Crippen LogP contribution in [0, 0.1) is 0 Å². The molecule has 0 radical (unpaired) electrons. The van der Waals surface area contributed by atoms with E-state index in [2.05, 4.69) is 5.32 Å². The lowest BCUT2D eigenvalue weighted by Crippen LogP contribution is -2.23. The summed E-state index contributed by atoms with van der Waals surface area (Å²) in [6.45, 7) is 2.44. The monoisotopic (exact) mass is 198 g/mol. The molecular weight excluding hydrogens is 188 g/mol. The van der Waals surface area contributed by atoms with Gasteiger partial charge in [-0.25, -0.2) is 0 Å². The van der Waals surface area contributed by atoms with Crippen molar-refractivity contribution in [1.29, 1.82) is 0 Å². The van der Waals surface area contributed by atoms with Crippen LogP contribution in [0.4, 0.5) is 5.69 Å². The first-order valence-electron chi connectivity index (χ1n) is 3.98. The van der Waals surface area contributed by atoms with Gasteiger partial charge in [-0.3, -0.25) is 4.79 Å². The number of nitrogens with one attached hydrogen (secondary N) is 1. The number of halogens is 1. The van der Waals surface area contributed by atoms with E-state index in [-0.39, 0.29) is 5.91 Å². The fourth-order valence-electron chi connectivity index (χ4n) is 0.996. The summed E-state index contributed by atoms with van der Waals surface area (Å²) in [6, 6.07) is 4.82. The van der Waals surface area contributed by atoms with E-state index >= 15 is 0 Å². The minimum atomic E-state index is -0.170. The summed E-state index contributed by atoms with van der Waals surface area (Å²) in [5.74, 6) is -0.170. The van der Waals surface area contributed by atoms with Crippen LogP contribution in [0.3, 0.4) is 0 Å². The van der Waals surface area contributed by atoms with Gasteiger partial charge in [-0.1, -0.05) is 11.6 Å². The maximum absolute atomic E-state index is 11.3. The van der Waals surface area contributed by atoms with Crippen LogP contribution in [0.15, 0.2) is 18.2 Å². The number of amides is 1. The first-order chi connectivity index (χ1) is 6.15. The average Bonchev–Trinajstić information content (AvgIpc) is 2.04. The number of hydrogen-bond acceptors (Lipinski definition) is 2. The van der Waals surface area contributed by atoms with Crippen LogP contribution in [-0.2, 0) is 0 Å². The van der Waals surface area contributed by atoms with Gasteiger partial charge in [0.05, 0.1) is 5.56 Å².